The van der Waals surface area contributed by atoms with Gasteiger partial charge in [0.1, 0.15) is 25.1 Å². The Bertz CT molecular complexity index is 1590. The number of allylic oxidation sites excluding steroid dienone is 4. The van der Waals surface area contributed by atoms with Gasteiger partial charge >= 0.3 is 5.97 Å². The predicted octanol–water partition coefficient (Wildman–Crippen LogP) is 5.08. The van der Waals surface area contributed by atoms with Gasteiger partial charge < -0.3 is 20.1 Å². The molecule has 44 heavy (non-hydrogen) atoms. The number of rotatable bonds is 7. The number of halogens is 2. The maximum absolute atomic E-state index is 17.6. The van der Waals surface area contributed by atoms with Gasteiger partial charge in [0.15, 0.2) is 17.2 Å². The predicted molar refractivity (Wildman–Crippen MR) is 157 cm³/mol. The summed E-state index contributed by atoms with van der Waals surface area (Å²) < 4.78 is 39.5. The minimum atomic E-state index is -2.35. The number of fused-ring (bicyclic) bond motifs is 5. The highest BCUT2D eigenvalue weighted by Gasteiger charge is 2.75. The molecule has 232 valence electrons. The van der Waals surface area contributed by atoms with Crippen molar-refractivity contribution in [3.63, 3.8) is 0 Å². The number of aromatic carboxylic acids is 1. The van der Waals surface area contributed by atoms with E-state index in [0.717, 1.165) is 11.6 Å². The van der Waals surface area contributed by atoms with Crippen LogP contribution in [0.25, 0.3) is 0 Å². The van der Waals surface area contributed by atoms with Crippen molar-refractivity contribution in [1.82, 2.24) is 0 Å². The number of carboxylic acid groups (broad SMARTS) is 1. The smallest absolute Gasteiger partial charge is 0.336 e. The number of carboxylic acids is 1. The summed E-state index contributed by atoms with van der Waals surface area (Å²) in [5.74, 6) is -3.77. The van der Waals surface area contributed by atoms with Crippen LogP contribution in [0.1, 0.15) is 61.0 Å². The third kappa shape index (κ3) is 4.01. The largest absolute Gasteiger partial charge is 0.489 e. The van der Waals surface area contributed by atoms with E-state index in [0.29, 0.717) is 5.75 Å². The quantitative estimate of drug-likeness (QED) is 0.402. The van der Waals surface area contributed by atoms with Gasteiger partial charge in [0.25, 0.3) is 0 Å². The average Bonchev–Trinajstić information content (AvgIpc) is 3.31. The van der Waals surface area contributed by atoms with Crippen molar-refractivity contribution in [2.75, 3.05) is 6.61 Å². The van der Waals surface area contributed by atoms with Crippen LogP contribution in [0.3, 0.4) is 0 Å². The molecule has 0 bridgehead atoms. The maximum Gasteiger partial charge on any atom is 0.336 e. The summed E-state index contributed by atoms with van der Waals surface area (Å²) in [6.07, 6.45) is 0.118. The Morgan fingerprint density at radius 1 is 1.09 bits per heavy atom. The molecule has 2 aromatic rings. The number of ether oxygens (including phenoxy) is 1. The summed E-state index contributed by atoms with van der Waals surface area (Å²) >= 11 is 0. The molecule has 0 radical (unpaired) electrons. The molecule has 3 N–H and O–H groups in total. The van der Waals surface area contributed by atoms with E-state index in [1.165, 1.54) is 37.3 Å². The molecule has 3 saturated carbocycles. The summed E-state index contributed by atoms with van der Waals surface area (Å²) in [5.41, 5.74) is -5.98. The van der Waals surface area contributed by atoms with Gasteiger partial charge in [-0.05, 0) is 91.0 Å². The molecule has 0 aliphatic heterocycles. The third-order valence-corrected chi connectivity index (χ3v) is 11.4. The molecule has 4 aliphatic rings. The van der Waals surface area contributed by atoms with Crippen LogP contribution in [0.15, 0.2) is 72.3 Å². The molecule has 3 unspecified atom stereocenters. The normalized spacial score (nSPS) is 37.4. The first-order valence-corrected chi connectivity index (χ1v) is 15.0. The number of hydrogen-bond donors (Lipinski definition) is 3. The van der Waals surface area contributed by atoms with Crippen molar-refractivity contribution in [3.8, 4) is 5.75 Å². The summed E-state index contributed by atoms with van der Waals surface area (Å²) in [6, 6.07) is 13.7. The molecule has 4 aliphatic carbocycles. The number of aliphatic hydroxyl groups is 2. The monoisotopic (exact) mass is 606 g/mol. The van der Waals surface area contributed by atoms with Crippen molar-refractivity contribution in [3.05, 3.63) is 89.0 Å². The molecular formula is C35H36F2O7. The lowest BCUT2D eigenvalue weighted by Crippen LogP contribution is -2.69. The highest BCUT2D eigenvalue weighted by molar-refractivity contribution is 6.01. The lowest BCUT2D eigenvalue weighted by Gasteiger charge is -2.63. The molecule has 2 aromatic carbocycles. The fourth-order valence-electron chi connectivity index (χ4n) is 9.31. The molecule has 9 heteroatoms. The van der Waals surface area contributed by atoms with E-state index < -0.39 is 70.2 Å². The number of benzene rings is 2. The van der Waals surface area contributed by atoms with E-state index >= 15 is 8.78 Å². The van der Waals surface area contributed by atoms with E-state index in [-0.39, 0.29) is 49.0 Å². The SMILES string of the molecule is C[C@]12C=CC(=O)C=C1[C@@H](F)CC1C3CC[C@](C(=O)CO)(c4cc(OCc5ccccc5)ccc4C(=O)O)[C@@]3(C)C[C@H](O)C12F. The summed E-state index contributed by atoms with van der Waals surface area (Å²) in [7, 11) is 0. The average molecular weight is 607 g/mol. The van der Waals surface area contributed by atoms with Crippen LogP contribution in [0.4, 0.5) is 8.78 Å². The summed E-state index contributed by atoms with van der Waals surface area (Å²) in [4.78, 5) is 38.7. The van der Waals surface area contributed by atoms with Crippen molar-refractivity contribution in [2.45, 2.75) is 69.5 Å². The fourth-order valence-corrected chi connectivity index (χ4v) is 9.31. The van der Waals surface area contributed by atoms with Gasteiger partial charge in [-0.2, -0.15) is 0 Å². The fraction of sp³-hybridized carbons (Fsp3) is 0.457. The minimum Gasteiger partial charge on any atom is -0.489 e. The Balaban J connectivity index is 1.48. The van der Waals surface area contributed by atoms with Crippen LogP contribution >= 0.6 is 0 Å². The highest BCUT2D eigenvalue weighted by atomic mass is 19.1. The molecule has 6 rings (SSSR count). The summed E-state index contributed by atoms with van der Waals surface area (Å²) in [6.45, 7) is 2.51. The zero-order chi connectivity index (χ0) is 31.7. The molecule has 0 amide bonds. The van der Waals surface area contributed by atoms with Gasteiger partial charge in [-0.25, -0.2) is 13.6 Å². The molecule has 7 nitrogen and oxygen atoms in total. The molecule has 0 aromatic heterocycles. The second-order valence-corrected chi connectivity index (χ2v) is 13.2. The number of Topliss-reactive ketones (excluding diaryl/α,β-unsaturated/α-hetero) is 1. The van der Waals surface area contributed by atoms with Gasteiger partial charge in [0.05, 0.1) is 17.1 Å². The highest BCUT2D eigenvalue weighted by Crippen LogP contribution is 2.72. The van der Waals surface area contributed by atoms with E-state index in [1.807, 2.05) is 30.3 Å². The van der Waals surface area contributed by atoms with E-state index in [9.17, 15) is 29.7 Å². The third-order valence-electron chi connectivity index (χ3n) is 11.4. The van der Waals surface area contributed by atoms with Crippen LogP contribution < -0.4 is 4.74 Å². The van der Waals surface area contributed by atoms with Crippen LogP contribution in [-0.2, 0) is 21.6 Å². The van der Waals surface area contributed by atoms with Gasteiger partial charge in [0, 0.05) is 11.3 Å². The number of hydrogen-bond acceptors (Lipinski definition) is 6. The Morgan fingerprint density at radius 2 is 1.82 bits per heavy atom. The van der Waals surface area contributed by atoms with Crippen molar-refractivity contribution < 1.29 is 43.2 Å². The van der Waals surface area contributed by atoms with E-state index in [1.54, 1.807) is 6.92 Å². The van der Waals surface area contributed by atoms with Gasteiger partial charge in [0.2, 0.25) is 0 Å². The topological polar surface area (TPSA) is 121 Å². The summed E-state index contributed by atoms with van der Waals surface area (Å²) in [5, 5.41) is 32.3. The first-order valence-electron chi connectivity index (χ1n) is 15.0. The molecule has 0 spiro atoms. The van der Waals surface area contributed by atoms with Crippen LogP contribution in [0.5, 0.6) is 5.75 Å². The zero-order valence-electron chi connectivity index (χ0n) is 24.6. The second-order valence-electron chi connectivity index (χ2n) is 13.2. The molecule has 8 atom stereocenters. The standard InChI is InChI=1S/C35H36F2O7/c1-32-12-10-21(39)14-27(32)28(36)16-26-24-11-13-34(30(41)18-38,33(24,2)17-29(40)35(26,32)37)25-15-22(8-9-23(25)31(42)43)44-19-20-6-4-3-5-7-20/h3-10,12,14-15,24,26,28-29,38,40H,11,13,16-19H2,1-2H3,(H,42,43)/t24?,26?,28-,29-,32-,33-,34+,35?/m0/s1. The minimum absolute atomic E-state index is 0.00136. The second kappa shape index (κ2) is 10.4. The lowest BCUT2D eigenvalue weighted by atomic mass is 9.42. The molecule has 3 fully saturated rings. The number of ketones is 2. The number of carbonyl (C=O) groups excluding carboxylic acids is 2. The van der Waals surface area contributed by atoms with E-state index in [4.69, 9.17) is 4.74 Å². The molecular weight excluding hydrogens is 570 g/mol. The zero-order valence-corrected chi connectivity index (χ0v) is 24.6. The molecule has 0 heterocycles. The number of carbonyl (C=O) groups is 3. The van der Waals surface area contributed by atoms with Gasteiger partial charge in [-0.3, -0.25) is 9.59 Å². The number of alkyl halides is 2. The number of aliphatic hydroxyl groups excluding tert-OH is 2. The van der Waals surface area contributed by atoms with Gasteiger partial charge in [-0.1, -0.05) is 43.3 Å². The van der Waals surface area contributed by atoms with E-state index in [2.05, 4.69) is 0 Å². The van der Waals surface area contributed by atoms with Crippen LogP contribution in [0, 0.1) is 22.7 Å². The first-order chi connectivity index (χ1) is 20.8. The maximum atomic E-state index is 17.6. The van der Waals surface area contributed by atoms with Crippen molar-refractivity contribution in [2.24, 2.45) is 22.7 Å². The molecule has 0 saturated heterocycles. The Kier molecular flexibility index (Phi) is 7.20. The van der Waals surface area contributed by atoms with Crippen LogP contribution in [-0.4, -0.2) is 57.4 Å². The van der Waals surface area contributed by atoms with Crippen molar-refractivity contribution >= 4 is 17.5 Å². The Hall–Kier alpha value is -3.69. The van der Waals surface area contributed by atoms with Crippen LogP contribution in [0.2, 0.25) is 0 Å². The Labute approximate surface area is 254 Å². The Morgan fingerprint density at radius 3 is 2.50 bits per heavy atom. The van der Waals surface area contributed by atoms with Gasteiger partial charge in [-0.15, -0.1) is 0 Å². The first kappa shape index (κ1) is 30.3. The van der Waals surface area contributed by atoms with Crippen molar-refractivity contribution in [1.29, 1.82) is 0 Å². The lowest BCUT2D eigenvalue weighted by molar-refractivity contribution is -0.205.